The minimum atomic E-state index is -0.835. The Morgan fingerprint density at radius 2 is 2.00 bits per heavy atom. The molecule has 2 rings (SSSR count). The van der Waals surface area contributed by atoms with E-state index in [0.717, 1.165) is 10.4 Å². The minimum absolute atomic E-state index is 0.835. The first-order valence-corrected chi connectivity index (χ1v) is 6.19. The molecule has 3 heteroatoms. The van der Waals surface area contributed by atoms with Crippen LogP contribution in [-0.2, 0) is 5.60 Å². The third kappa shape index (κ3) is 1.52. The summed E-state index contributed by atoms with van der Waals surface area (Å²) >= 11 is 3.26. The van der Waals surface area contributed by atoms with Crippen LogP contribution < -0.4 is 0 Å². The van der Waals surface area contributed by atoms with Gasteiger partial charge in [0.05, 0.1) is 0 Å². The van der Waals surface area contributed by atoms with E-state index < -0.39 is 5.60 Å². The Morgan fingerprint density at radius 3 is 2.50 bits per heavy atom. The molecule has 14 heavy (non-hydrogen) atoms. The Kier molecular flexibility index (Phi) is 2.47. The topological polar surface area (TPSA) is 20.2 Å². The van der Waals surface area contributed by atoms with Gasteiger partial charge in [0.25, 0.3) is 0 Å². The molecular formula is C11H12OS2. The molecule has 0 saturated carbocycles. The van der Waals surface area contributed by atoms with E-state index in [4.69, 9.17) is 0 Å². The van der Waals surface area contributed by atoms with Gasteiger partial charge in [-0.1, -0.05) is 6.07 Å². The van der Waals surface area contributed by atoms with Crippen molar-refractivity contribution in [2.75, 3.05) is 0 Å². The van der Waals surface area contributed by atoms with Crippen molar-refractivity contribution in [1.29, 1.82) is 0 Å². The van der Waals surface area contributed by atoms with E-state index in [1.165, 1.54) is 4.88 Å². The average molecular weight is 224 g/mol. The van der Waals surface area contributed by atoms with Crippen molar-refractivity contribution >= 4 is 22.7 Å². The molecule has 1 atom stereocenters. The summed E-state index contributed by atoms with van der Waals surface area (Å²) in [6, 6.07) is 5.94. The van der Waals surface area contributed by atoms with Crippen molar-refractivity contribution in [2.45, 2.75) is 19.4 Å². The van der Waals surface area contributed by atoms with Gasteiger partial charge in [-0.2, -0.15) is 0 Å². The molecule has 0 radical (unpaired) electrons. The summed E-state index contributed by atoms with van der Waals surface area (Å²) in [7, 11) is 0. The third-order valence-corrected chi connectivity index (χ3v) is 4.31. The predicted octanol–water partition coefficient (Wildman–Crippen LogP) is 3.37. The minimum Gasteiger partial charge on any atom is -0.380 e. The molecule has 74 valence electrons. The van der Waals surface area contributed by atoms with Crippen molar-refractivity contribution < 1.29 is 5.11 Å². The number of aliphatic hydroxyl groups is 1. The van der Waals surface area contributed by atoms with Gasteiger partial charge in [-0.25, -0.2) is 0 Å². The molecule has 0 aliphatic rings. The second-order valence-corrected chi connectivity index (χ2v) is 5.51. The first kappa shape index (κ1) is 9.90. The molecule has 0 saturated heterocycles. The van der Waals surface area contributed by atoms with Crippen LogP contribution in [0.5, 0.6) is 0 Å². The molecule has 1 nitrogen and oxygen atoms in total. The van der Waals surface area contributed by atoms with Crippen molar-refractivity contribution in [1.82, 2.24) is 0 Å². The van der Waals surface area contributed by atoms with Gasteiger partial charge in [0.15, 0.2) is 0 Å². The lowest BCUT2D eigenvalue weighted by Gasteiger charge is -2.22. The van der Waals surface area contributed by atoms with E-state index in [0.29, 0.717) is 0 Å². The fourth-order valence-electron chi connectivity index (χ4n) is 1.58. The highest BCUT2D eigenvalue weighted by Crippen LogP contribution is 2.35. The molecule has 1 unspecified atom stereocenters. The van der Waals surface area contributed by atoms with Gasteiger partial charge in [0, 0.05) is 15.3 Å². The lowest BCUT2D eigenvalue weighted by molar-refractivity contribution is 0.106. The van der Waals surface area contributed by atoms with E-state index in [9.17, 15) is 5.11 Å². The van der Waals surface area contributed by atoms with Crippen LogP contribution in [0, 0.1) is 6.92 Å². The molecule has 0 spiro atoms. The van der Waals surface area contributed by atoms with Crippen molar-refractivity contribution in [2.24, 2.45) is 0 Å². The van der Waals surface area contributed by atoms with Gasteiger partial charge in [0.1, 0.15) is 5.60 Å². The van der Waals surface area contributed by atoms with Gasteiger partial charge < -0.3 is 5.11 Å². The molecule has 0 bridgehead atoms. The smallest absolute Gasteiger partial charge is 0.122 e. The molecule has 0 fully saturated rings. The Hall–Kier alpha value is -0.640. The maximum Gasteiger partial charge on any atom is 0.122 e. The monoisotopic (exact) mass is 224 g/mol. The average Bonchev–Trinajstić information content (AvgIpc) is 2.72. The van der Waals surface area contributed by atoms with Crippen molar-refractivity contribution in [3.63, 3.8) is 0 Å². The van der Waals surface area contributed by atoms with Crippen LogP contribution >= 0.6 is 22.7 Å². The van der Waals surface area contributed by atoms with E-state index in [1.807, 2.05) is 42.8 Å². The van der Waals surface area contributed by atoms with Crippen LogP contribution in [0.4, 0.5) is 0 Å². The Bertz CT molecular complexity index is 412. The molecular weight excluding hydrogens is 212 g/mol. The second kappa shape index (κ2) is 3.50. The van der Waals surface area contributed by atoms with Crippen LogP contribution in [0.2, 0.25) is 0 Å². The Morgan fingerprint density at radius 1 is 1.21 bits per heavy atom. The predicted molar refractivity (Wildman–Crippen MR) is 62.0 cm³/mol. The summed E-state index contributed by atoms with van der Waals surface area (Å²) in [5.41, 5.74) is 0.183. The van der Waals surface area contributed by atoms with Gasteiger partial charge in [-0.15, -0.1) is 22.7 Å². The highest BCUT2D eigenvalue weighted by molar-refractivity contribution is 7.10. The lowest BCUT2D eigenvalue weighted by Crippen LogP contribution is -2.21. The first-order chi connectivity index (χ1) is 6.62. The van der Waals surface area contributed by atoms with Crippen molar-refractivity contribution in [3.05, 3.63) is 44.3 Å². The summed E-state index contributed by atoms with van der Waals surface area (Å²) in [5, 5.41) is 14.4. The summed E-state index contributed by atoms with van der Waals surface area (Å²) in [4.78, 5) is 2.18. The molecule has 1 N–H and O–H groups in total. The van der Waals surface area contributed by atoms with E-state index in [-0.39, 0.29) is 0 Å². The summed E-state index contributed by atoms with van der Waals surface area (Å²) in [5.74, 6) is 0. The normalized spacial score (nSPS) is 15.4. The van der Waals surface area contributed by atoms with Crippen LogP contribution in [0.15, 0.2) is 29.0 Å². The van der Waals surface area contributed by atoms with Gasteiger partial charge >= 0.3 is 0 Å². The van der Waals surface area contributed by atoms with Crippen LogP contribution in [0.3, 0.4) is 0 Å². The zero-order valence-electron chi connectivity index (χ0n) is 8.15. The highest BCUT2D eigenvalue weighted by atomic mass is 32.1. The fraction of sp³-hybridized carbons (Fsp3) is 0.273. The summed E-state index contributed by atoms with van der Waals surface area (Å²) < 4.78 is 0. The maximum atomic E-state index is 10.4. The number of hydrogen-bond acceptors (Lipinski definition) is 3. The van der Waals surface area contributed by atoms with Gasteiger partial charge in [-0.05, 0) is 36.7 Å². The highest BCUT2D eigenvalue weighted by Gasteiger charge is 2.28. The Labute approximate surface area is 91.7 Å². The van der Waals surface area contributed by atoms with E-state index in [1.54, 1.807) is 22.7 Å². The first-order valence-electron chi connectivity index (χ1n) is 4.43. The van der Waals surface area contributed by atoms with Crippen LogP contribution in [0.1, 0.15) is 22.2 Å². The standard InChI is InChI=1S/C11H12OS2/c1-8-9(5-7-13-8)11(2,12)10-4-3-6-14-10/h3-7,12H,1-2H3. The van der Waals surface area contributed by atoms with Gasteiger partial charge in [0.2, 0.25) is 0 Å². The van der Waals surface area contributed by atoms with Gasteiger partial charge in [-0.3, -0.25) is 0 Å². The van der Waals surface area contributed by atoms with E-state index >= 15 is 0 Å². The zero-order chi connectivity index (χ0) is 10.2. The lowest BCUT2D eigenvalue weighted by atomic mass is 9.95. The summed E-state index contributed by atoms with van der Waals surface area (Å²) in [6.07, 6.45) is 0. The molecule has 2 heterocycles. The molecule has 0 amide bonds. The SMILES string of the molecule is Cc1sccc1C(C)(O)c1cccs1. The number of rotatable bonds is 2. The second-order valence-electron chi connectivity index (χ2n) is 3.44. The fourth-order valence-corrected chi connectivity index (χ4v) is 3.18. The quantitative estimate of drug-likeness (QED) is 0.829. The molecule has 0 aliphatic carbocycles. The third-order valence-electron chi connectivity index (χ3n) is 2.38. The zero-order valence-corrected chi connectivity index (χ0v) is 9.78. The molecule has 2 aromatic heterocycles. The molecule has 2 aromatic rings. The van der Waals surface area contributed by atoms with Crippen molar-refractivity contribution in [3.8, 4) is 0 Å². The Balaban J connectivity index is 2.48. The number of hydrogen-bond donors (Lipinski definition) is 1. The van der Waals surface area contributed by atoms with E-state index in [2.05, 4.69) is 0 Å². The molecule has 0 aromatic carbocycles. The van der Waals surface area contributed by atoms with Crippen LogP contribution in [-0.4, -0.2) is 5.11 Å². The largest absolute Gasteiger partial charge is 0.380 e. The maximum absolute atomic E-state index is 10.4. The number of thiophene rings is 2. The van der Waals surface area contributed by atoms with Crippen LogP contribution in [0.25, 0.3) is 0 Å². The number of aryl methyl sites for hydroxylation is 1. The molecule has 0 aliphatic heterocycles. The summed E-state index contributed by atoms with van der Waals surface area (Å²) in [6.45, 7) is 3.90.